The number of hydrogen-bond acceptors (Lipinski definition) is 3. The molecule has 0 bridgehead atoms. The molecule has 0 aliphatic heterocycles. The van der Waals surface area contributed by atoms with Gasteiger partial charge in [0.25, 0.3) is 0 Å². The van der Waals surface area contributed by atoms with E-state index in [2.05, 4.69) is 5.32 Å². The number of benzene rings is 1. The molecule has 6 heteroatoms. The first-order chi connectivity index (χ1) is 10.6. The molecule has 0 fully saturated rings. The zero-order valence-corrected chi connectivity index (χ0v) is 14.0. The number of halogens is 1. The first-order valence-corrected chi connectivity index (χ1v) is 7.57. The van der Waals surface area contributed by atoms with Crippen molar-refractivity contribution >= 4 is 12.1 Å². The summed E-state index contributed by atoms with van der Waals surface area (Å²) in [6.07, 6.45) is 0.227. The number of carboxylic acids is 1. The molecule has 128 valence electrons. The maximum Gasteiger partial charge on any atom is 0.407 e. The summed E-state index contributed by atoms with van der Waals surface area (Å²) in [4.78, 5) is 23.7. The van der Waals surface area contributed by atoms with Gasteiger partial charge in [-0.05, 0) is 44.9 Å². The van der Waals surface area contributed by atoms with Crippen LogP contribution in [0.2, 0.25) is 0 Å². The fourth-order valence-corrected chi connectivity index (χ4v) is 2.37. The van der Waals surface area contributed by atoms with E-state index in [0.29, 0.717) is 18.4 Å². The number of hydrogen-bond donors (Lipinski definition) is 2. The molecule has 0 saturated carbocycles. The van der Waals surface area contributed by atoms with Crippen LogP contribution in [-0.4, -0.2) is 29.3 Å². The minimum absolute atomic E-state index is 0.128. The average molecular weight is 325 g/mol. The molecule has 23 heavy (non-hydrogen) atoms. The molecule has 1 atom stereocenters. The van der Waals surface area contributed by atoms with Gasteiger partial charge in [0.2, 0.25) is 0 Å². The number of rotatable bonds is 6. The Morgan fingerprint density at radius 3 is 2.22 bits per heavy atom. The van der Waals surface area contributed by atoms with Crippen LogP contribution in [0.4, 0.5) is 9.18 Å². The predicted octanol–water partition coefficient (Wildman–Crippen LogP) is 3.47. The maximum atomic E-state index is 13.1. The van der Waals surface area contributed by atoms with Crippen molar-refractivity contribution in [1.82, 2.24) is 5.32 Å². The van der Waals surface area contributed by atoms with Crippen LogP contribution in [0.1, 0.15) is 46.1 Å². The highest BCUT2D eigenvalue weighted by atomic mass is 19.1. The Bertz CT molecular complexity index is 551. The number of carboxylic acid groups (broad SMARTS) is 1. The summed E-state index contributed by atoms with van der Waals surface area (Å²) in [6.45, 7) is 6.90. The summed E-state index contributed by atoms with van der Waals surface area (Å²) >= 11 is 0. The predicted molar refractivity (Wildman–Crippen MR) is 84.9 cm³/mol. The standard InChI is InChI=1S/C17H24FNO4/c1-5-10-17(14(20)21,12-6-8-13(18)9-7-12)11-19-15(22)23-16(2,3)4/h6-9H,5,10-11H2,1-4H3,(H,19,22)(H,20,21). The third-order valence-corrected chi connectivity index (χ3v) is 3.42. The zero-order chi connectivity index (χ0) is 17.7. The number of amides is 1. The van der Waals surface area contributed by atoms with Crippen molar-refractivity contribution in [2.45, 2.75) is 51.6 Å². The Labute approximate surface area is 135 Å². The second-order valence-corrected chi connectivity index (χ2v) is 6.50. The van der Waals surface area contributed by atoms with Gasteiger partial charge in [-0.15, -0.1) is 0 Å². The molecule has 1 rings (SSSR count). The van der Waals surface area contributed by atoms with Crippen LogP contribution in [0, 0.1) is 5.82 Å². The summed E-state index contributed by atoms with van der Waals surface area (Å²) in [5.41, 5.74) is -1.54. The smallest absolute Gasteiger partial charge is 0.407 e. The van der Waals surface area contributed by atoms with Crippen molar-refractivity contribution in [3.8, 4) is 0 Å². The molecule has 0 aliphatic carbocycles. The van der Waals surface area contributed by atoms with Gasteiger partial charge in [0, 0.05) is 6.54 Å². The van der Waals surface area contributed by atoms with E-state index >= 15 is 0 Å². The summed E-state index contributed by atoms with van der Waals surface area (Å²) in [5, 5.41) is 12.3. The van der Waals surface area contributed by atoms with Gasteiger partial charge in [-0.25, -0.2) is 9.18 Å². The Morgan fingerprint density at radius 1 is 1.22 bits per heavy atom. The average Bonchev–Trinajstić information content (AvgIpc) is 2.42. The van der Waals surface area contributed by atoms with Gasteiger partial charge < -0.3 is 15.2 Å². The summed E-state index contributed by atoms with van der Waals surface area (Å²) in [7, 11) is 0. The summed E-state index contributed by atoms with van der Waals surface area (Å²) in [6, 6.07) is 5.32. The van der Waals surface area contributed by atoms with Crippen molar-refractivity contribution in [2.75, 3.05) is 6.54 Å². The summed E-state index contributed by atoms with van der Waals surface area (Å²) in [5.74, 6) is -1.51. The van der Waals surface area contributed by atoms with Crippen LogP contribution in [0.3, 0.4) is 0 Å². The number of carbonyl (C=O) groups excluding carboxylic acids is 1. The Kier molecular flexibility index (Phi) is 6.12. The van der Waals surface area contributed by atoms with Gasteiger partial charge in [-0.2, -0.15) is 0 Å². The molecule has 0 saturated heterocycles. The highest BCUT2D eigenvalue weighted by Crippen LogP contribution is 2.30. The van der Waals surface area contributed by atoms with Crippen LogP contribution in [-0.2, 0) is 14.9 Å². The number of aliphatic carboxylic acids is 1. The Morgan fingerprint density at radius 2 is 1.78 bits per heavy atom. The number of alkyl carbamates (subject to hydrolysis) is 1. The number of carbonyl (C=O) groups is 2. The topological polar surface area (TPSA) is 75.6 Å². The number of ether oxygens (including phenoxy) is 1. The van der Waals surface area contributed by atoms with Gasteiger partial charge in [-0.1, -0.05) is 25.5 Å². The van der Waals surface area contributed by atoms with E-state index in [9.17, 15) is 19.1 Å². The lowest BCUT2D eigenvalue weighted by Crippen LogP contribution is -2.47. The molecule has 0 spiro atoms. The fourth-order valence-electron chi connectivity index (χ4n) is 2.37. The molecular weight excluding hydrogens is 301 g/mol. The summed E-state index contributed by atoms with van der Waals surface area (Å²) < 4.78 is 18.3. The van der Waals surface area contributed by atoms with E-state index in [1.54, 1.807) is 20.8 Å². The highest BCUT2D eigenvalue weighted by Gasteiger charge is 2.40. The third kappa shape index (κ3) is 5.23. The first kappa shape index (κ1) is 18.9. The van der Waals surface area contributed by atoms with E-state index in [-0.39, 0.29) is 6.54 Å². The molecule has 1 amide bonds. The minimum atomic E-state index is -1.32. The van der Waals surface area contributed by atoms with Crippen molar-refractivity contribution in [2.24, 2.45) is 0 Å². The molecule has 1 aromatic carbocycles. The van der Waals surface area contributed by atoms with Crippen LogP contribution >= 0.6 is 0 Å². The van der Waals surface area contributed by atoms with E-state index in [1.165, 1.54) is 24.3 Å². The Balaban J connectivity index is 3.03. The van der Waals surface area contributed by atoms with E-state index in [1.807, 2.05) is 6.92 Å². The molecule has 1 unspecified atom stereocenters. The van der Waals surface area contributed by atoms with Gasteiger partial charge in [0.15, 0.2) is 0 Å². The molecule has 0 heterocycles. The van der Waals surface area contributed by atoms with Gasteiger partial charge in [0.1, 0.15) is 16.8 Å². The second-order valence-electron chi connectivity index (χ2n) is 6.50. The molecular formula is C17H24FNO4. The lowest BCUT2D eigenvalue weighted by molar-refractivity contribution is -0.144. The monoisotopic (exact) mass is 325 g/mol. The SMILES string of the molecule is CCCC(CNC(=O)OC(C)(C)C)(C(=O)O)c1ccc(F)cc1. The quantitative estimate of drug-likeness (QED) is 0.839. The van der Waals surface area contributed by atoms with Crippen LogP contribution in [0.25, 0.3) is 0 Å². The third-order valence-electron chi connectivity index (χ3n) is 3.42. The molecule has 5 nitrogen and oxygen atoms in total. The van der Waals surface area contributed by atoms with E-state index in [0.717, 1.165) is 0 Å². The lowest BCUT2D eigenvalue weighted by Gasteiger charge is -2.30. The normalized spacial score (nSPS) is 14.0. The molecule has 1 aromatic rings. The van der Waals surface area contributed by atoms with Crippen molar-refractivity contribution in [3.05, 3.63) is 35.6 Å². The van der Waals surface area contributed by atoms with E-state index in [4.69, 9.17) is 4.74 Å². The molecule has 2 N–H and O–H groups in total. The van der Waals surface area contributed by atoms with Crippen LogP contribution < -0.4 is 5.32 Å². The van der Waals surface area contributed by atoms with Crippen LogP contribution in [0.5, 0.6) is 0 Å². The highest BCUT2D eigenvalue weighted by molar-refractivity contribution is 5.82. The zero-order valence-electron chi connectivity index (χ0n) is 14.0. The number of nitrogens with one attached hydrogen (secondary N) is 1. The van der Waals surface area contributed by atoms with Crippen molar-refractivity contribution in [1.29, 1.82) is 0 Å². The maximum absolute atomic E-state index is 13.1. The molecule has 0 aliphatic rings. The molecule has 0 aromatic heterocycles. The minimum Gasteiger partial charge on any atom is -0.481 e. The Hall–Kier alpha value is -2.11. The van der Waals surface area contributed by atoms with Gasteiger partial charge >= 0.3 is 12.1 Å². The second kappa shape index (κ2) is 7.44. The molecule has 0 radical (unpaired) electrons. The van der Waals surface area contributed by atoms with Crippen molar-refractivity contribution in [3.63, 3.8) is 0 Å². The fraction of sp³-hybridized carbons (Fsp3) is 0.529. The van der Waals surface area contributed by atoms with Crippen molar-refractivity contribution < 1.29 is 23.8 Å². The largest absolute Gasteiger partial charge is 0.481 e. The van der Waals surface area contributed by atoms with Gasteiger partial charge in [0.05, 0.1) is 0 Å². The van der Waals surface area contributed by atoms with E-state index < -0.39 is 28.9 Å². The van der Waals surface area contributed by atoms with Crippen LogP contribution in [0.15, 0.2) is 24.3 Å². The first-order valence-electron chi connectivity index (χ1n) is 7.57. The van der Waals surface area contributed by atoms with Gasteiger partial charge in [-0.3, -0.25) is 4.79 Å². The lowest BCUT2D eigenvalue weighted by atomic mass is 9.76.